The van der Waals surface area contributed by atoms with Crippen molar-refractivity contribution in [3.8, 4) is 5.75 Å². The van der Waals surface area contributed by atoms with E-state index in [-0.39, 0.29) is 16.9 Å². The quantitative estimate of drug-likeness (QED) is 0.539. The van der Waals surface area contributed by atoms with Gasteiger partial charge in [-0.05, 0) is 55.7 Å². The zero-order valence-electron chi connectivity index (χ0n) is 16.1. The number of aryl methyl sites for hydroxylation is 4. The van der Waals surface area contributed by atoms with Crippen LogP contribution in [0.15, 0.2) is 50.5 Å². The molecule has 0 aliphatic carbocycles. The van der Waals surface area contributed by atoms with Crippen molar-refractivity contribution in [3.05, 3.63) is 74.1 Å². The number of aromatic nitrogens is 2. The van der Waals surface area contributed by atoms with Crippen LogP contribution in [0.3, 0.4) is 0 Å². The summed E-state index contributed by atoms with van der Waals surface area (Å²) >= 11 is 0. The van der Waals surface area contributed by atoms with Crippen LogP contribution in [0.1, 0.15) is 16.8 Å². The van der Waals surface area contributed by atoms with Crippen LogP contribution < -0.4 is 15.9 Å². The number of aromatic amines is 1. The van der Waals surface area contributed by atoms with Crippen molar-refractivity contribution in [3.63, 3.8) is 0 Å². The SMILES string of the molecule is Cc1[nH]c2ccc(OC(F)(F)F)cc2c1CCn1ccc2oc(=O)cc(C)c2c1=O. The molecule has 3 heterocycles. The molecule has 30 heavy (non-hydrogen) atoms. The number of rotatable bonds is 4. The molecule has 0 radical (unpaired) electrons. The van der Waals surface area contributed by atoms with Crippen molar-refractivity contribution in [2.75, 3.05) is 0 Å². The van der Waals surface area contributed by atoms with E-state index in [1.165, 1.54) is 35.0 Å². The molecule has 1 aromatic carbocycles. The Morgan fingerprint density at radius 1 is 1.13 bits per heavy atom. The molecule has 0 bridgehead atoms. The van der Waals surface area contributed by atoms with Gasteiger partial charge in [-0.3, -0.25) is 4.79 Å². The zero-order chi connectivity index (χ0) is 21.6. The highest BCUT2D eigenvalue weighted by Crippen LogP contribution is 2.30. The normalized spacial score (nSPS) is 12.0. The highest BCUT2D eigenvalue weighted by molar-refractivity contribution is 5.86. The molecule has 4 rings (SSSR count). The summed E-state index contributed by atoms with van der Waals surface area (Å²) < 4.78 is 48.2. The molecular weight excluding hydrogens is 401 g/mol. The summed E-state index contributed by atoms with van der Waals surface area (Å²) in [7, 11) is 0. The number of nitrogens with zero attached hydrogens (tertiary/aromatic N) is 1. The third-order valence-corrected chi connectivity index (χ3v) is 4.99. The summed E-state index contributed by atoms with van der Waals surface area (Å²) in [6.07, 6.45) is -2.83. The average molecular weight is 418 g/mol. The van der Waals surface area contributed by atoms with Crippen LogP contribution in [0.5, 0.6) is 5.75 Å². The molecule has 0 aliphatic rings. The van der Waals surface area contributed by atoms with Crippen molar-refractivity contribution in [2.45, 2.75) is 33.2 Å². The Balaban J connectivity index is 1.69. The van der Waals surface area contributed by atoms with Gasteiger partial charge in [0.05, 0.1) is 5.39 Å². The summed E-state index contributed by atoms with van der Waals surface area (Å²) in [5, 5.41) is 0.930. The first-order chi connectivity index (χ1) is 14.1. The number of hydrogen-bond acceptors (Lipinski definition) is 4. The first-order valence-electron chi connectivity index (χ1n) is 9.13. The van der Waals surface area contributed by atoms with Crippen LogP contribution >= 0.6 is 0 Å². The minimum atomic E-state index is -4.77. The lowest BCUT2D eigenvalue weighted by molar-refractivity contribution is -0.274. The molecule has 0 atom stereocenters. The third kappa shape index (κ3) is 3.70. The van der Waals surface area contributed by atoms with E-state index >= 15 is 0 Å². The minimum absolute atomic E-state index is 0.221. The van der Waals surface area contributed by atoms with Gasteiger partial charge in [0.1, 0.15) is 11.3 Å². The standard InChI is InChI=1S/C21H17F3N2O4/c1-11-9-18(27)29-17-6-8-26(20(28)19(11)17)7-5-14-12(2)25-16-4-3-13(10-15(14)16)30-21(22,23)24/h3-4,6,8-10,25H,5,7H2,1-2H3. The van der Waals surface area contributed by atoms with Gasteiger partial charge in [-0.15, -0.1) is 13.2 Å². The molecular formula is C21H17F3N2O4. The van der Waals surface area contributed by atoms with Gasteiger partial charge in [-0.2, -0.15) is 0 Å². The van der Waals surface area contributed by atoms with E-state index in [0.29, 0.717) is 34.8 Å². The van der Waals surface area contributed by atoms with Crippen molar-refractivity contribution >= 4 is 21.9 Å². The molecule has 0 fully saturated rings. The van der Waals surface area contributed by atoms with Crippen LogP contribution in [0.2, 0.25) is 0 Å². The Morgan fingerprint density at radius 3 is 2.63 bits per heavy atom. The molecule has 0 unspecified atom stereocenters. The Labute approximate surface area is 167 Å². The van der Waals surface area contributed by atoms with Crippen molar-refractivity contribution < 1.29 is 22.3 Å². The molecule has 156 valence electrons. The van der Waals surface area contributed by atoms with Gasteiger partial charge in [0.25, 0.3) is 5.56 Å². The molecule has 9 heteroatoms. The number of pyridine rings is 1. The maximum Gasteiger partial charge on any atom is 0.573 e. The fourth-order valence-corrected chi connectivity index (χ4v) is 3.68. The van der Waals surface area contributed by atoms with Crippen molar-refractivity contribution in [1.29, 1.82) is 0 Å². The highest BCUT2D eigenvalue weighted by atomic mass is 19.4. The molecule has 1 N–H and O–H groups in total. The summed E-state index contributed by atoms with van der Waals surface area (Å²) in [6, 6.07) is 6.94. The first-order valence-corrected chi connectivity index (χ1v) is 9.13. The maximum absolute atomic E-state index is 12.8. The highest BCUT2D eigenvalue weighted by Gasteiger charge is 2.31. The van der Waals surface area contributed by atoms with Gasteiger partial charge < -0.3 is 18.7 Å². The van der Waals surface area contributed by atoms with Gasteiger partial charge in [0, 0.05) is 35.4 Å². The number of benzene rings is 1. The fraction of sp³-hybridized carbons (Fsp3) is 0.238. The van der Waals surface area contributed by atoms with Crippen LogP contribution in [-0.2, 0) is 13.0 Å². The molecule has 0 amide bonds. The van der Waals surface area contributed by atoms with Crippen LogP contribution in [0, 0.1) is 13.8 Å². The summed E-state index contributed by atoms with van der Waals surface area (Å²) in [6.45, 7) is 3.78. The zero-order valence-corrected chi connectivity index (χ0v) is 16.1. The second kappa shape index (κ2) is 7.08. The van der Waals surface area contributed by atoms with E-state index in [1.807, 2.05) is 6.92 Å². The second-order valence-electron chi connectivity index (χ2n) is 7.04. The molecule has 0 spiro atoms. The number of nitrogens with one attached hydrogen (secondary N) is 1. The lowest BCUT2D eigenvalue weighted by Gasteiger charge is -2.10. The third-order valence-electron chi connectivity index (χ3n) is 4.99. The van der Waals surface area contributed by atoms with Gasteiger partial charge in [-0.1, -0.05) is 0 Å². The monoisotopic (exact) mass is 418 g/mol. The predicted octanol–water partition coefficient (Wildman–Crippen LogP) is 4.19. The molecule has 6 nitrogen and oxygen atoms in total. The largest absolute Gasteiger partial charge is 0.573 e. The predicted molar refractivity (Wildman–Crippen MR) is 105 cm³/mol. The van der Waals surface area contributed by atoms with Crippen molar-refractivity contribution in [1.82, 2.24) is 9.55 Å². The van der Waals surface area contributed by atoms with E-state index in [2.05, 4.69) is 9.72 Å². The molecule has 0 aliphatic heterocycles. The van der Waals surface area contributed by atoms with Crippen LogP contribution in [-0.4, -0.2) is 15.9 Å². The van der Waals surface area contributed by atoms with Gasteiger partial charge in [0.15, 0.2) is 0 Å². The van der Waals surface area contributed by atoms with Crippen LogP contribution in [0.25, 0.3) is 21.9 Å². The smallest absolute Gasteiger partial charge is 0.422 e. The number of H-pyrrole nitrogens is 1. The summed E-state index contributed by atoms with van der Waals surface area (Å²) in [4.78, 5) is 27.5. The molecule has 0 saturated heterocycles. The van der Waals surface area contributed by atoms with E-state index < -0.39 is 12.0 Å². The maximum atomic E-state index is 12.8. The summed E-state index contributed by atoms with van der Waals surface area (Å²) in [5.41, 5.74) is 2.19. The number of alkyl halides is 3. The average Bonchev–Trinajstić information content (AvgIpc) is 2.94. The second-order valence-corrected chi connectivity index (χ2v) is 7.04. The van der Waals surface area contributed by atoms with Gasteiger partial charge >= 0.3 is 12.0 Å². The Bertz CT molecular complexity index is 1380. The number of hydrogen-bond donors (Lipinski definition) is 1. The lowest BCUT2D eigenvalue weighted by Crippen LogP contribution is -2.22. The van der Waals surface area contributed by atoms with Gasteiger partial charge in [0.2, 0.25) is 0 Å². The fourth-order valence-electron chi connectivity index (χ4n) is 3.68. The van der Waals surface area contributed by atoms with E-state index in [4.69, 9.17) is 4.42 Å². The Kier molecular flexibility index (Phi) is 4.68. The van der Waals surface area contributed by atoms with Crippen molar-refractivity contribution in [2.24, 2.45) is 0 Å². The first kappa shape index (κ1) is 19.8. The minimum Gasteiger partial charge on any atom is -0.422 e. The molecule has 3 aromatic heterocycles. The van der Waals surface area contributed by atoms with E-state index in [9.17, 15) is 22.8 Å². The van der Waals surface area contributed by atoms with Gasteiger partial charge in [-0.25, -0.2) is 4.79 Å². The molecule has 0 saturated carbocycles. The van der Waals surface area contributed by atoms with E-state index in [1.54, 1.807) is 13.0 Å². The number of ether oxygens (including phenoxy) is 1. The summed E-state index contributed by atoms with van der Waals surface area (Å²) in [5.74, 6) is -0.302. The molecule has 4 aromatic rings. The topological polar surface area (TPSA) is 77.2 Å². The van der Waals surface area contributed by atoms with Crippen LogP contribution in [0.4, 0.5) is 13.2 Å². The van der Waals surface area contributed by atoms with E-state index in [0.717, 1.165) is 11.3 Å². The lowest BCUT2D eigenvalue weighted by atomic mass is 10.1. The Morgan fingerprint density at radius 2 is 1.90 bits per heavy atom. The Hall–Kier alpha value is -3.49. The number of halogens is 3. The number of fused-ring (bicyclic) bond motifs is 2.